The molecule has 0 radical (unpaired) electrons. The lowest BCUT2D eigenvalue weighted by molar-refractivity contribution is 0.182. The molecule has 0 unspecified atom stereocenters. The molecule has 2 aromatic carbocycles. The summed E-state index contributed by atoms with van der Waals surface area (Å²) in [6, 6.07) is 18.2. The predicted molar refractivity (Wildman–Crippen MR) is 120 cm³/mol. The van der Waals surface area contributed by atoms with Gasteiger partial charge in [-0.25, -0.2) is 4.79 Å². The van der Waals surface area contributed by atoms with E-state index in [1.165, 1.54) is 24.8 Å². The van der Waals surface area contributed by atoms with E-state index in [0.29, 0.717) is 11.8 Å². The summed E-state index contributed by atoms with van der Waals surface area (Å²) >= 11 is 6.01. The second kappa shape index (κ2) is 9.64. The lowest BCUT2D eigenvalue weighted by Crippen LogP contribution is -2.38. The Bertz CT molecular complexity index is 788. The van der Waals surface area contributed by atoms with E-state index >= 15 is 0 Å². The predicted octanol–water partition coefficient (Wildman–Crippen LogP) is 5.51. The molecule has 2 aromatic rings. The largest absolute Gasteiger partial charge is 0.335 e. The van der Waals surface area contributed by atoms with Gasteiger partial charge in [-0.3, -0.25) is 0 Å². The molecule has 0 aromatic heterocycles. The molecule has 1 saturated heterocycles. The van der Waals surface area contributed by atoms with Crippen molar-refractivity contribution >= 4 is 23.3 Å². The van der Waals surface area contributed by atoms with Gasteiger partial charge in [-0.05, 0) is 86.9 Å². The van der Waals surface area contributed by atoms with Crippen LogP contribution < -0.4 is 10.6 Å². The Balaban J connectivity index is 1.18. The Morgan fingerprint density at radius 2 is 1.69 bits per heavy atom. The first kappa shape index (κ1) is 20.2. The molecular weight excluding hydrogens is 382 g/mol. The molecule has 1 heterocycles. The first-order valence-corrected chi connectivity index (χ1v) is 11.1. The molecule has 2 N–H and O–H groups in total. The van der Waals surface area contributed by atoms with Gasteiger partial charge in [0.2, 0.25) is 0 Å². The summed E-state index contributed by atoms with van der Waals surface area (Å²) in [4.78, 5) is 14.8. The smallest absolute Gasteiger partial charge is 0.319 e. The van der Waals surface area contributed by atoms with E-state index in [2.05, 4.69) is 27.7 Å². The molecule has 2 fully saturated rings. The van der Waals surface area contributed by atoms with Gasteiger partial charge in [-0.15, -0.1) is 0 Å². The minimum absolute atomic E-state index is 0.0920. The third-order valence-electron chi connectivity index (χ3n) is 6.35. The number of para-hydroxylation sites is 1. The van der Waals surface area contributed by atoms with Crippen LogP contribution in [0.3, 0.4) is 0 Å². The highest BCUT2D eigenvalue weighted by atomic mass is 35.5. The van der Waals surface area contributed by atoms with Crippen LogP contribution in [-0.4, -0.2) is 36.6 Å². The lowest BCUT2D eigenvalue weighted by Gasteiger charge is -2.33. The second-order valence-electron chi connectivity index (χ2n) is 8.47. The fourth-order valence-corrected chi connectivity index (χ4v) is 4.92. The first-order chi connectivity index (χ1) is 14.2. The Morgan fingerprint density at radius 3 is 2.41 bits per heavy atom. The zero-order chi connectivity index (χ0) is 20.1. The van der Waals surface area contributed by atoms with Crippen molar-refractivity contribution in [1.82, 2.24) is 10.2 Å². The summed E-state index contributed by atoms with van der Waals surface area (Å²) in [5, 5.41) is 6.88. The maximum absolute atomic E-state index is 12.2. The molecule has 4 rings (SSSR count). The van der Waals surface area contributed by atoms with Gasteiger partial charge in [-0.1, -0.05) is 41.9 Å². The van der Waals surface area contributed by atoms with Crippen molar-refractivity contribution in [3.63, 3.8) is 0 Å². The van der Waals surface area contributed by atoms with Crippen LogP contribution in [0.2, 0.25) is 5.02 Å². The summed E-state index contributed by atoms with van der Waals surface area (Å²) in [5.41, 5.74) is 2.26. The van der Waals surface area contributed by atoms with E-state index in [0.717, 1.165) is 43.2 Å². The van der Waals surface area contributed by atoms with E-state index < -0.39 is 0 Å². The van der Waals surface area contributed by atoms with Crippen molar-refractivity contribution in [2.75, 3.05) is 25.0 Å². The van der Waals surface area contributed by atoms with Gasteiger partial charge in [0.25, 0.3) is 0 Å². The van der Waals surface area contributed by atoms with E-state index in [-0.39, 0.29) is 12.1 Å². The van der Waals surface area contributed by atoms with E-state index in [4.69, 9.17) is 11.6 Å². The number of carbonyl (C=O) groups excluding carboxylic acids is 1. The van der Waals surface area contributed by atoms with Crippen molar-refractivity contribution in [3.05, 3.63) is 65.2 Å². The third-order valence-corrected chi connectivity index (χ3v) is 6.61. The highest BCUT2D eigenvalue weighted by Crippen LogP contribution is 2.31. The molecule has 4 nitrogen and oxygen atoms in total. The van der Waals surface area contributed by atoms with Crippen LogP contribution >= 0.6 is 11.6 Å². The van der Waals surface area contributed by atoms with E-state index in [9.17, 15) is 4.79 Å². The zero-order valence-corrected chi connectivity index (χ0v) is 17.6. The summed E-state index contributed by atoms with van der Waals surface area (Å²) in [6.07, 6.45) is 5.80. The van der Waals surface area contributed by atoms with E-state index in [1.54, 1.807) is 0 Å². The van der Waals surface area contributed by atoms with Crippen LogP contribution in [0.1, 0.15) is 43.6 Å². The molecule has 29 heavy (non-hydrogen) atoms. The average molecular weight is 412 g/mol. The monoisotopic (exact) mass is 411 g/mol. The quantitative estimate of drug-likeness (QED) is 0.681. The SMILES string of the molecule is O=C(Nc1ccccc1)N[C@@H]1CC[C@H](CN2CCC(c3ccc(Cl)cc3)CC2)C1. The van der Waals surface area contributed by atoms with Gasteiger partial charge in [0.05, 0.1) is 0 Å². The van der Waals surface area contributed by atoms with Gasteiger partial charge in [-0.2, -0.15) is 0 Å². The van der Waals surface area contributed by atoms with E-state index in [1.807, 2.05) is 42.5 Å². The van der Waals surface area contributed by atoms with Crippen LogP contribution in [0.4, 0.5) is 10.5 Å². The molecular formula is C24H30ClN3O. The third kappa shape index (κ3) is 5.74. The Morgan fingerprint density at radius 1 is 0.966 bits per heavy atom. The normalized spacial score (nSPS) is 23.1. The minimum atomic E-state index is -0.0920. The molecule has 1 aliphatic carbocycles. The number of rotatable bonds is 5. The van der Waals surface area contributed by atoms with Gasteiger partial charge in [0.15, 0.2) is 0 Å². The molecule has 2 aliphatic rings. The molecule has 5 heteroatoms. The van der Waals surface area contributed by atoms with Crippen LogP contribution in [0.5, 0.6) is 0 Å². The number of carbonyl (C=O) groups is 1. The summed E-state index contributed by atoms with van der Waals surface area (Å²) in [5.74, 6) is 1.34. The average Bonchev–Trinajstić information content (AvgIpc) is 3.16. The van der Waals surface area contributed by atoms with Crippen molar-refractivity contribution < 1.29 is 4.79 Å². The van der Waals surface area contributed by atoms with Crippen molar-refractivity contribution in [3.8, 4) is 0 Å². The van der Waals surface area contributed by atoms with Crippen molar-refractivity contribution in [2.45, 2.75) is 44.1 Å². The fraction of sp³-hybridized carbons (Fsp3) is 0.458. The standard InChI is InChI=1S/C24H30ClN3O/c25-21-9-7-19(8-10-21)20-12-14-28(15-13-20)17-18-6-11-23(16-18)27-24(29)26-22-4-2-1-3-5-22/h1-5,7-10,18,20,23H,6,11-17H2,(H2,26,27,29)/t18-,23+/m0/s1. The molecule has 0 spiro atoms. The minimum Gasteiger partial charge on any atom is -0.335 e. The van der Waals surface area contributed by atoms with Crippen LogP contribution in [0, 0.1) is 5.92 Å². The summed E-state index contributed by atoms with van der Waals surface area (Å²) in [7, 11) is 0. The fourth-order valence-electron chi connectivity index (χ4n) is 4.79. The molecule has 0 bridgehead atoms. The second-order valence-corrected chi connectivity index (χ2v) is 8.90. The Hall–Kier alpha value is -2.04. The maximum atomic E-state index is 12.2. The van der Waals surface area contributed by atoms with Gasteiger partial charge in [0, 0.05) is 23.3 Å². The van der Waals surface area contributed by atoms with Gasteiger partial charge >= 0.3 is 6.03 Å². The number of halogens is 1. The maximum Gasteiger partial charge on any atom is 0.319 e. The van der Waals surface area contributed by atoms with Crippen LogP contribution in [0.15, 0.2) is 54.6 Å². The Kier molecular flexibility index (Phi) is 6.73. The summed E-state index contributed by atoms with van der Waals surface area (Å²) < 4.78 is 0. The molecule has 1 aliphatic heterocycles. The van der Waals surface area contributed by atoms with Crippen LogP contribution in [0.25, 0.3) is 0 Å². The lowest BCUT2D eigenvalue weighted by atomic mass is 9.89. The van der Waals surface area contributed by atoms with Crippen molar-refractivity contribution in [1.29, 1.82) is 0 Å². The van der Waals surface area contributed by atoms with Crippen LogP contribution in [-0.2, 0) is 0 Å². The number of amides is 2. The first-order valence-electron chi connectivity index (χ1n) is 10.8. The number of hydrogen-bond acceptors (Lipinski definition) is 2. The number of nitrogens with one attached hydrogen (secondary N) is 2. The highest BCUT2D eigenvalue weighted by Gasteiger charge is 2.29. The van der Waals surface area contributed by atoms with Gasteiger partial charge < -0.3 is 15.5 Å². The number of nitrogens with zero attached hydrogens (tertiary/aromatic N) is 1. The molecule has 154 valence electrons. The topological polar surface area (TPSA) is 44.4 Å². The molecule has 2 atom stereocenters. The number of likely N-dealkylation sites (tertiary alicyclic amines) is 1. The number of piperidine rings is 1. The summed E-state index contributed by atoms with van der Waals surface area (Å²) in [6.45, 7) is 3.48. The number of hydrogen-bond donors (Lipinski definition) is 2. The highest BCUT2D eigenvalue weighted by molar-refractivity contribution is 6.30. The molecule has 2 amide bonds. The number of urea groups is 1. The molecule has 1 saturated carbocycles. The van der Waals surface area contributed by atoms with Gasteiger partial charge in [0.1, 0.15) is 0 Å². The van der Waals surface area contributed by atoms with Crippen molar-refractivity contribution in [2.24, 2.45) is 5.92 Å². The zero-order valence-electron chi connectivity index (χ0n) is 16.8. The Labute approximate surface area is 178 Å². The number of anilines is 1. The number of benzene rings is 2.